The lowest BCUT2D eigenvalue weighted by Crippen LogP contribution is -2.19. The van der Waals surface area contributed by atoms with E-state index in [0.29, 0.717) is 12.0 Å². The number of aromatic nitrogens is 2. The number of nitrogens with zero attached hydrogens (tertiary/aromatic N) is 2. The lowest BCUT2D eigenvalue weighted by molar-refractivity contribution is -0.174. The highest BCUT2D eigenvalue weighted by Crippen LogP contribution is 2.15. The maximum Gasteiger partial charge on any atom is 0.411 e. The molecule has 4 nitrogen and oxygen atoms in total. The van der Waals surface area contributed by atoms with Crippen molar-refractivity contribution in [1.29, 1.82) is 0 Å². The molecule has 0 aliphatic carbocycles. The van der Waals surface area contributed by atoms with E-state index >= 15 is 0 Å². The first-order chi connectivity index (χ1) is 7.92. The van der Waals surface area contributed by atoms with Crippen LogP contribution in [0, 0.1) is 0 Å². The zero-order valence-corrected chi connectivity index (χ0v) is 9.44. The molecule has 0 aliphatic rings. The summed E-state index contributed by atoms with van der Waals surface area (Å²) in [5.74, 6) is 0. The molecule has 0 aromatic carbocycles. The number of rotatable bonds is 6. The van der Waals surface area contributed by atoms with Crippen molar-refractivity contribution in [3.05, 3.63) is 18.0 Å². The average Bonchev–Trinajstić information content (AvgIpc) is 2.70. The minimum Gasteiger partial charge on any atom is -0.388 e. The van der Waals surface area contributed by atoms with Crippen molar-refractivity contribution in [2.24, 2.45) is 0 Å². The summed E-state index contributed by atoms with van der Waals surface area (Å²) in [4.78, 5) is 0. The molecule has 1 atom stereocenters. The maximum atomic E-state index is 11.8. The molecule has 1 unspecified atom stereocenters. The summed E-state index contributed by atoms with van der Waals surface area (Å²) in [7, 11) is 0. The molecule has 0 amide bonds. The number of aliphatic hydroxyl groups is 1. The summed E-state index contributed by atoms with van der Waals surface area (Å²) in [6.45, 7) is 0.739. The van der Waals surface area contributed by atoms with Crippen LogP contribution in [0.4, 0.5) is 13.2 Å². The summed E-state index contributed by atoms with van der Waals surface area (Å²) >= 11 is 0. The lowest BCUT2D eigenvalue weighted by Gasteiger charge is -2.07. The highest BCUT2D eigenvalue weighted by atomic mass is 19.4. The zero-order valence-electron chi connectivity index (χ0n) is 9.44. The molecule has 1 aromatic heterocycles. The second-order valence-corrected chi connectivity index (χ2v) is 3.63. The van der Waals surface area contributed by atoms with Gasteiger partial charge in [-0.05, 0) is 6.42 Å². The van der Waals surface area contributed by atoms with Crippen LogP contribution in [-0.2, 0) is 11.3 Å². The number of hydrogen-bond acceptors (Lipinski definition) is 3. The summed E-state index contributed by atoms with van der Waals surface area (Å²) < 4.78 is 41.2. The SMILES string of the molecule is CCC(O)c1cnn(CCOCC(F)(F)F)c1. The van der Waals surface area contributed by atoms with E-state index in [2.05, 4.69) is 9.84 Å². The van der Waals surface area contributed by atoms with Crippen LogP contribution in [0.5, 0.6) is 0 Å². The first-order valence-electron chi connectivity index (χ1n) is 5.27. The van der Waals surface area contributed by atoms with Gasteiger partial charge in [0.25, 0.3) is 0 Å². The Bertz CT molecular complexity index is 339. The van der Waals surface area contributed by atoms with Gasteiger partial charge in [0.05, 0.1) is 25.5 Å². The van der Waals surface area contributed by atoms with Crippen LogP contribution in [0.15, 0.2) is 12.4 Å². The maximum absolute atomic E-state index is 11.8. The predicted molar refractivity (Wildman–Crippen MR) is 54.4 cm³/mol. The van der Waals surface area contributed by atoms with E-state index in [-0.39, 0.29) is 13.2 Å². The van der Waals surface area contributed by atoms with Crippen LogP contribution in [0.3, 0.4) is 0 Å². The van der Waals surface area contributed by atoms with Crippen molar-refractivity contribution in [2.75, 3.05) is 13.2 Å². The molecule has 0 fully saturated rings. The van der Waals surface area contributed by atoms with Gasteiger partial charge in [0.2, 0.25) is 0 Å². The number of aliphatic hydroxyl groups excluding tert-OH is 1. The van der Waals surface area contributed by atoms with Gasteiger partial charge in [0.1, 0.15) is 6.61 Å². The minimum atomic E-state index is -4.30. The van der Waals surface area contributed by atoms with Crippen LogP contribution in [0.2, 0.25) is 0 Å². The van der Waals surface area contributed by atoms with Crippen molar-refractivity contribution in [3.8, 4) is 0 Å². The van der Waals surface area contributed by atoms with Crippen molar-refractivity contribution in [2.45, 2.75) is 32.2 Å². The molecule has 0 saturated heterocycles. The van der Waals surface area contributed by atoms with Gasteiger partial charge in [-0.15, -0.1) is 0 Å². The average molecular weight is 252 g/mol. The van der Waals surface area contributed by atoms with Gasteiger partial charge in [-0.2, -0.15) is 18.3 Å². The van der Waals surface area contributed by atoms with Gasteiger partial charge in [-0.3, -0.25) is 4.68 Å². The first-order valence-corrected chi connectivity index (χ1v) is 5.27. The Balaban J connectivity index is 2.30. The van der Waals surface area contributed by atoms with E-state index in [1.165, 1.54) is 10.9 Å². The van der Waals surface area contributed by atoms with E-state index in [4.69, 9.17) is 0 Å². The Morgan fingerprint density at radius 3 is 2.82 bits per heavy atom. The smallest absolute Gasteiger partial charge is 0.388 e. The Hall–Kier alpha value is -1.08. The number of ether oxygens (including phenoxy) is 1. The lowest BCUT2D eigenvalue weighted by atomic mass is 10.2. The van der Waals surface area contributed by atoms with Crippen LogP contribution in [0.25, 0.3) is 0 Å². The van der Waals surface area contributed by atoms with Crippen molar-refractivity contribution >= 4 is 0 Å². The molecular weight excluding hydrogens is 237 g/mol. The van der Waals surface area contributed by atoms with Crippen molar-refractivity contribution < 1.29 is 23.0 Å². The Kier molecular flexibility index (Phi) is 4.95. The molecule has 0 radical (unpaired) electrons. The highest BCUT2D eigenvalue weighted by molar-refractivity contribution is 5.07. The van der Waals surface area contributed by atoms with Gasteiger partial charge in [-0.1, -0.05) is 6.92 Å². The summed E-state index contributed by atoms with van der Waals surface area (Å²) in [6, 6.07) is 0. The third kappa shape index (κ3) is 5.18. The standard InChI is InChI=1S/C10H15F3N2O2/c1-2-9(16)8-5-14-15(6-8)3-4-17-7-10(11,12)13/h5-6,9,16H,2-4,7H2,1H3. The van der Waals surface area contributed by atoms with Crippen LogP contribution in [0.1, 0.15) is 25.0 Å². The Labute approximate surface area is 97.0 Å². The normalized spacial score (nSPS) is 13.9. The molecule has 17 heavy (non-hydrogen) atoms. The van der Waals surface area contributed by atoms with Gasteiger partial charge in [-0.25, -0.2) is 0 Å². The number of hydrogen-bond donors (Lipinski definition) is 1. The number of alkyl halides is 3. The summed E-state index contributed by atoms with van der Waals surface area (Å²) in [6.07, 6.45) is -1.22. The predicted octanol–water partition coefficient (Wildman–Crippen LogP) is 1.91. The second kappa shape index (κ2) is 6.02. The van der Waals surface area contributed by atoms with E-state index in [9.17, 15) is 18.3 Å². The summed E-state index contributed by atoms with van der Waals surface area (Å²) in [5.41, 5.74) is 0.656. The van der Waals surface area contributed by atoms with E-state index in [0.717, 1.165) is 0 Å². The second-order valence-electron chi connectivity index (χ2n) is 3.63. The Morgan fingerprint density at radius 1 is 1.53 bits per heavy atom. The van der Waals surface area contributed by atoms with Crippen LogP contribution in [-0.4, -0.2) is 34.3 Å². The molecule has 7 heteroatoms. The van der Waals surface area contributed by atoms with Crippen LogP contribution < -0.4 is 0 Å². The zero-order chi connectivity index (χ0) is 12.9. The van der Waals surface area contributed by atoms with E-state index in [1.807, 2.05) is 6.92 Å². The first kappa shape index (κ1) is 14.0. The molecule has 1 aromatic rings. The van der Waals surface area contributed by atoms with Crippen molar-refractivity contribution in [3.63, 3.8) is 0 Å². The molecule has 1 heterocycles. The molecule has 1 N–H and O–H groups in total. The topological polar surface area (TPSA) is 47.3 Å². The summed E-state index contributed by atoms with van der Waals surface area (Å²) in [5, 5.41) is 13.4. The van der Waals surface area contributed by atoms with Crippen molar-refractivity contribution in [1.82, 2.24) is 9.78 Å². The fourth-order valence-corrected chi connectivity index (χ4v) is 1.26. The molecular formula is C10H15F3N2O2. The van der Waals surface area contributed by atoms with Crippen LogP contribution >= 0.6 is 0 Å². The largest absolute Gasteiger partial charge is 0.411 e. The monoisotopic (exact) mass is 252 g/mol. The molecule has 0 spiro atoms. The molecule has 98 valence electrons. The molecule has 0 saturated carbocycles. The van der Waals surface area contributed by atoms with Gasteiger partial charge in [0.15, 0.2) is 0 Å². The molecule has 0 aliphatic heterocycles. The molecule has 1 rings (SSSR count). The molecule has 0 bridgehead atoms. The quantitative estimate of drug-likeness (QED) is 0.787. The Morgan fingerprint density at radius 2 is 2.24 bits per heavy atom. The van der Waals surface area contributed by atoms with E-state index in [1.54, 1.807) is 6.20 Å². The highest BCUT2D eigenvalue weighted by Gasteiger charge is 2.27. The third-order valence-corrected chi connectivity index (χ3v) is 2.16. The third-order valence-electron chi connectivity index (χ3n) is 2.16. The van der Waals surface area contributed by atoms with Gasteiger partial charge >= 0.3 is 6.18 Å². The fraction of sp³-hybridized carbons (Fsp3) is 0.700. The minimum absolute atomic E-state index is 0.0666. The van der Waals surface area contributed by atoms with Gasteiger partial charge < -0.3 is 9.84 Å². The number of halogens is 3. The van der Waals surface area contributed by atoms with E-state index < -0.39 is 18.9 Å². The fourth-order valence-electron chi connectivity index (χ4n) is 1.26. The van der Waals surface area contributed by atoms with Gasteiger partial charge in [0, 0.05) is 11.8 Å².